The van der Waals surface area contributed by atoms with E-state index in [9.17, 15) is 18.0 Å². The lowest BCUT2D eigenvalue weighted by molar-refractivity contribution is -0.140. The van der Waals surface area contributed by atoms with Gasteiger partial charge in [-0.2, -0.15) is 0 Å². The van der Waals surface area contributed by atoms with Crippen LogP contribution in [0.4, 0.5) is 5.69 Å². The number of amides is 2. The van der Waals surface area contributed by atoms with Crippen molar-refractivity contribution in [2.75, 3.05) is 23.7 Å². The average molecular weight is 516 g/mol. The maximum atomic E-state index is 13.4. The van der Waals surface area contributed by atoms with E-state index >= 15 is 0 Å². The molecule has 0 saturated carbocycles. The molecule has 36 heavy (non-hydrogen) atoms. The van der Waals surface area contributed by atoms with Crippen LogP contribution in [0, 0.1) is 26.7 Å². The minimum Gasteiger partial charge on any atom is -0.354 e. The van der Waals surface area contributed by atoms with Gasteiger partial charge in [-0.1, -0.05) is 49.7 Å². The zero-order chi connectivity index (χ0) is 27.0. The van der Waals surface area contributed by atoms with Crippen LogP contribution in [0.1, 0.15) is 55.9 Å². The summed E-state index contributed by atoms with van der Waals surface area (Å²) in [6.07, 6.45) is 1.64. The van der Waals surface area contributed by atoms with Crippen LogP contribution >= 0.6 is 0 Å². The van der Waals surface area contributed by atoms with E-state index < -0.39 is 16.1 Å². The number of nitrogens with one attached hydrogen (secondary N) is 1. The Labute approximate surface area is 216 Å². The molecule has 0 aliphatic heterocycles. The number of hydrogen-bond donors (Lipinski definition) is 1. The highest BCUT2D eigenvalue weighted by Gasteiger charge is 2.26. The van der Waals surface area contributed by atoms with E-state index in [0.29, 0.717) is 31.1 Å². The summed E-state index contributed by atoms with van der Waals surface area (Å²) in [4.78, 5) is 27.8. The van der Waals surface area contributed by atoms with Gasteiger partial charge in [0.15, 0.2) is 0 Å². The van der Waals surface area contributed by atoms with E-state index in [2.05, 4.69) is 5.32 Å². The van der Waals surface area contributed by atoms with Gasteiger partial charge in [-0.05, 0) is 68.9 Å². The predicted molar refractivity (Wildman–Crippen MR) is 146 cm³/mol. The summed E-state index contributed by atoms with van der Waals surface area (Å²) in [5.41, 5.74) is 4.70. The Hall–Kier alpha value is -2.87. The SMILES string of the molecule is Cc1cccc(CN(C(=O)CCCN(c2ccc(C)c(C)c2)S(C)(=O)=O)C(C)C(=O)NCC(C)C)c1. The number of hydrogen-bond acceptors (Lipinski definition) is 4. The third kappa shape index (κ3) is 8.66. The lowest BCUT2D eigenvalue weighted by atomic mass is 10.1. The molecular weight excluding hydrogens is 474 g/mol. The second-order valence-corrected chi connectivity index (χ2v) is 11.9. The molecule has 7 nitrogen and oxygen atoms in total. The summed E-state index contributed by atoms with van der Waals surface area (Å²) in [6.45, 7) is 12.7. The van der Waals surface area contributed by atoms with Crippen molar-refractivity contribution in [1.82, 2.24) is 10.2 Å². The summed E-state index contributed by atoms with van der Waals surface area (Å²) < 4.78 is 26.4. The van der Waals surface area contributed by atoms with Crippen molar-refractivity contribution in [3.05, 3.63) is 64.7 Å². The van der Waals surface area contributed by atoms with Crippen LogP contribution in [0.25, 0.3) is 0 Å². The molecule has 8 heteroatoms. The Morgan fingerprint density at radius 3 is 2.25 bits per heavy atom. The highest BCUT2D eigenvalue weighted by atomic mass is 32.2. The zero-order valence-corrected chi connectivity index (χ0v) is 23.5. The van der Waals surface area contributed by atoms with Crippen LogP contribution in [0.2, 0.25) is 0 Å². The van der Waals surface area contributed by atoms with Gasteiger partial charge in [0.05, 0.1) is 11.9 Å². The second-order valence-electron chi connectivity index (χ2n) is 10.0. The van der Waals surface area contributed by atoms with Gasteiger partial charge < -0.3 is 10.2 Å². The van der Waals surface area contributed by atoms with Gasteiger partial charge in [0, 0.05) is 26.1 Å². The monoisotopic (exact) mass is 515 g/mol. The molecule has 2 aromatic rings. The Balaban J connectivity index is 2.18. The predicted octanol–water partition coefficient (Wildman–Crippen LogP) is 4.35. The first-order chi connectivity index (χ1) is 16.8. The minimum atomic E-state index is -3.52. The van der Waals surface area contributed by atoms with Crippen LogP contribution in [0.3, 0.4) is 0 Å². The molecule has 0 fully saturated rings. The molecule has 0 spiro atoms. The molecule has 1 N–H and O–H groups in total. The first-order valence-electron chi connectivity index (χ1n) is 12.5. The molecule has 0 radical (unpaired) electrons. The summed E-state index contributed by atoms with van der Waals surface area (Å²) >= 11 is 0. The Kier molecular flexibility index (Phi) is 10.5. The van der Waals surface area contributed by atoms with Gasteiger partial charge in [-0.15, -0.1) is 0 Å². The Morgan fingerprint density at radius 1 is 0.972 bits per heavy atom. The number of sulfonamides is 1. The van der Waals surface area contributed by atoms with E-state index in [0.717, 1.165) is 22.3 Å². The molecule has 2 rings (SSSR count). The summed E-state index contributed by atoms with van der Waals surface area (Å²) in [6, 6.07) is 12.8. The molecule has 0 aliphatic rings. The normalized spacial score (nSPS) is 12.3. The fraction of sp³-hybridized carbons (Fsp3) is 0.500. The minimum absolute atomic E-state index is 0.129. The van der Waals surface area contributed by atoms with Gasteiger partial charge in [0.2, 0.25) is 21.8 Å². The fourth-order valence-electron chi connectivity index (χ4n) is 3.93. The molecule has 1 unspecified atom stereocenters. The summed E-state index contributed by atoms with van der Waals surface area (Å²) in [7, 11) is -3.52. The number of rotatable bonds is 12. The van der Waals surface area contributed by atoms with E-state index in [-0.39, 0.29) is 24.8 Å². The van der Waals surface area contributed by atoms with Crippen molar-refractivity contribution in [2.45, 2.75) is 67.0 Å². The molecular formula is C28H41N3O4S. The summed E-state index contributed by atoms with van der Waals surface area (Å²) in [5.74, 6) is -0.0794. The van der Waals surface area contributed by atoms with Crippen molar-refractivity contribution >= 4 is 27.5 Å². The Morgan fingerprint density at radius 2 is 1.67 bits per heavy atom. The third-order valence-electron chi connectivity index (χ3n) is 6.22. The topological polar surface area (TPSA) is 86.8 Å². The van der Waals surface area contributed by atoms with Crippen LogP contribution in [0.15, 0.2) is 42.5 Å². The first-order valence-corrected chi connectivity index (χ1v) is 14.3. The molecule has 2 aromatic carbocycles. The number of benzene rings is 2. The van der Waals surface area contributed by atoms with Crippen molar-refractivity contribution < 1.29 is 18.0 Å². The van der Waals surface area contributed by atoms with Crippen molar-refractivity contribution in [3.63, 3.8) is 0 Å². The van der Waals surface area contributed by atoms with E-state index in [1.54, 1.807) is 17.9 Å². The van der Waals surface area contributed by atoms with Crippen molar-refractivity contribution in [1.29, 1.82) is 0 Å². The number of aryl methyl sites for hydroxylation is 3. The van der Waals surface area contributed by atoms with Crippen LogP contribution < -0.4 is 9.62 Å². The van der Waals surface area contributed by atoms with Crippen LogP contribution in [-0.2, 0) is 26.2 Å². The highest BCUT2D eigenvalue weighted by molar-refractivity contribution is 7.92. The maximum absolute atomic E-state index is 13.4. The van der Waals surface area contributed by atoms with Gasteiger partial charge in [0.25, 0.3) is 0 Å². The molecule has 0 bridgehead atoms. The molecule has 0 aromatic heterocycles. The van der Waals surface area contributed by atoms with E-state index in [1.807, 2.05) is 71.0 Å². The van der Waals surface area contributed by atoms with Gasteiger partial charge in [-0.3, -0.25) is 13.9 Å². The number of carbonyl (C=O) groups excluding carboxylic acids is 2. The average Bonchev–Trinajstić information content (AvgIpc) is 2.79. The van der Waals surface area contributed by atoms with Crippen molar-refractivity contribution in [3.8, 4) is 0 Å². The summed E-state index contributed by atoms with van der Waals surface area (Å²) in [5, 5.41) is 2.92. The fourth-order valence-corrected chi connectivity index (χ4v) is 4.88. The molecule has 2 amide bonds. The molecule has 1 atom stereocenters. The Bertz CT molecular complexity index is 1160. The first kappa shape index (κ1) is 29.4. The number of carbonyl (C=O) groups is 2. The van der Waals surface area contributed by atoms with Crippen LogP contribution in [0.5, 0.6) is 0 Å². The zero-order valence-electron chi connectivity index (χ0n) is 22.7. The van der Waals surface area contributed by atoms with Gasteiger partial charge >= 0.3 is 0 Å². The standard InChI is InChI=1S/C28H41N3O4S/c1-20(2)18-29-28(33)24(6)30(19-25-11-8-10-21(3)16-25)27(32)12-9-15-31(36(7,34)35)26-14-13-22(4)23(5)17-26/h8,10-11,13-14,16-17,20,24H,9,12,15,18-19H2,1-7H3,(H,29,33). The van der Waals surface area contributed by atoms with Crippen LogP contribution in [-0.4, -0.2) is 50.5 Å². The molecule has 0 aliphatic carbocycles. The van der Waals surface area contributed by atoms with E-state index in [4.69, 9.17) is 0 Å². The number of nitrogens with zero attached hydrogens (tertiary/aromatic N) is 2. The van der Waals surface area contributed by atoms with E-state index in [1.165, 1.54) is 10.6 Å². The van der Waals surface area contributed by atoms with Gasteiger partial charge in [0.1, 0.15) is 6.04 Å². The quantitative estimate of drug-likeness (QED) is 0.455. The highest BCUT2D eigenvalue weighted by Crippen LogP contribution is 2.22. The molecule has 0 heterocycles. The maximum Gasteiger partial charge on any atom is 0.242 e. The largest absolute Gasteiger partial charge is 0.354 e. The van der Waals surface area contributed by atoms with Gasteiger partial charge in [-0.25, -0.2) is 8.42 Å². The lowest BCUT2D eigenvalue weighted by Crippen LogP contribution is -2.48. The number of anilines is 1. The smallest absolute Gasteiger partial charge is 0.242 e. The van der Waals surface area contributed by atoms with Crippen molar-refractivity contribution in [2.24, 2.45) is 5.92 Å². The third-order valence-corrected chi connectivity index (χ3v) is 7.41. The molecule has 0 saturated heterocycles. The lowest BCUT2D eigenvalue weighted by Gasteiger charge is -2.30. The molecule has 198 valence electrons. The second kappa shape index (κ2) is 12.9.